The fourth-order valence-electron chi connectivity index (χ4n) is 2.13. The van der Waals surface area contributed by atoms with Crippen molar-refractivity contribution in [3.05, 3.63) is 89.1 Å². The molecule has 0 amide bonds. The highest BCUT2D eigenvalue weighted by atomic mass is 35.5. The van der Waals surface area contributed by atoms with Crippen LogP contribution < -0.4 is 4.74 Å². The zero-order chi connectivity index (χ0) is 20.7. The molecule has 2 aromatic carbocycles. The average molecular weight is 408 g/mol. The normalized spacial score (nSPS) is 10.6. The number of alkyl halides is 3. The Morgan fingerprint density at radius 3 is 2.14 bits per heavy atom. The molecule has 0 spiro atoms. The van der Waals surface area contributed by atoms with Crippen LogP contribution >= 0.6 is 11.6 Å². The molecule has 0 aliphatic rings. The molecule has 0 saturated carbocycles. The SMILES string of the molecule is Cc1ccccc1C.O=C(Cl)c1cccnc1Oc1cccc(C(F)(F)F)c1. The number of aryl methyl sites for hydroxylation is 2. The summed E-state index contributed by atoms with van der Waals surface area (Å²) in [6.07, 6.45) is -3.14. The number of carbonyl (C=O) groups excluding carboxylic acids is 1. The highest BCUT2D eigenvalue weighted by Crippen LogP contribution is 2.33. The molecule has 0 bridgehead atoms. The molecule has 146 valence electrons. The van der Waals surface area contributed by atoms with Crippen LogP contribution in [0.4, 0.5) is 13.2 Å². The smallest absolute Gasteiger partial charge is 0.416 e. The Morgan fingerprint density at radius 2 is 1.61 bits per heavy atom. The third kappa shape index (κ3) is 6.09. The monoisotopic (exact) mass is 407 g/mol. The third-order valence-electron chi connectivity index (χ3n) is 3.78. The van der Waals surface area contributed by atoms with E-state index >= 15 is 0 Å². The predicted molar refractivity (Wildman–Crippen MR) is 102 cm³/mol. The molecular weight excluding hydrogens is 391 g/mol. The second kappa shape index (κ2) is 9.37. The number of hydrogen-bond donors (Lipinski definition) is 0. The van der Waals surface area contributed by atoms with Gasteiger partial charge in [0.2, 0.25) is 5.88 Å². The van der Waals surface area contributed by atoms with Crippen LogP contribution in [-0.2, 0) is 6.18 Å². The summed E-state index contributed by atoms with van der Waals surface area (Å²) < 4.78 is 42.9. The molecule has 0 saturated heterocycles. The van der Waals surface area contributed by atoms with Gasteiger partial charge in [-0.3, -0.25) is 4.79 Å². The topological polar surface area (TPSA) is 39.2 Å². The van der Waals surface area contributed by atoms with E-state index in [0.717, 1.165) is 12.1 Å². The molecule has 28 heavy (non-hydrogen) atoms. The summed E-state index contributed by atoms with van der Waals surface area (Å²) in [6.45, 7) is 4.24. The second-order valence-corrected chi connectivity index (χ2v) is 6.19. The number of aromatic nitrogens is 1. The third-order valence-corrected chi connectivity index (χ3v) is 3.99. The van der Waals surface area contributed by atoms with Gasteiger partial charge < -0.3 is 4.74 Å². The first-order valence-corrected chi connectivity index (χ1v) is 8.58. The van der Waals surface area contributed by atoms with Gasteiger partial charge in [-0.25, -0.2) is 4.98 Å². The van der Waals surface area contributed by atoms with Gasteiger partial charge in [0.05, 0.1) is 11.1 Å². The Morgan fingerprint density at radius 1 is 0.964 bits per heavy atom. The van der Waals surface area contributed by atoms with Crippen molar-refractivity contribution in [2.45, 2.75) is 20.0 Å². The summed E-state index contributed by atoms with van der Waals surface area (Å²) >= 11 is 5.34. The maximum absolute atomic E-state index is 12.6. The Balaban J connectivity index is 0.000000292. The van der Waals surface area contributed by atoms with Crippen molar-refractivity contribution in [2.24, 2.45) is 0 Å². The lowest BCUT2D eigenvalue weighted by atomic mass is 10.1. The summed E-state index contributed by atoms with van der Waals surface area (Å²) in [4.78, 5) is 14.9. The maximum atomic E-state index is 12.6. The van der Waals surface area contributed by atoms with Crippen molar-refractivity contribution < 1.29 is 22.7 Å². The quantitative estimate of drug-likeness (QED) is 0.460. The molecule has 3 nitrogen and oxygen atoms in total. The Hall–Kier alpha value is -2.86. The first-order valence-electron chi connectivity index (χ1n) is 8.20. The number of ether oxygens (including phenoxy) is 1. The highest BCUT2D eigenvalue weighted by Gasteiger charge is 2.30. The van der Waals surface area contributed by atoms with Gasteiger partial charge >= 0.3 is 6.18 Å². The molecule has 0 aliphatic carbocycles. The first-order chi connectivity index (χ1) is 13.2. The van der Waals surface area contributed by atoms with Crippen molar-refractivity contribution in [3.8, 4) is 11.6 Å². The van der Waals surface area contributed by atoms with E-state index in [0.29, 0.717) is 0 Å². The van der Waals surface area contributed by atoms with E-state index < -0.39 is 17.0 Å². The van der Waals surface area contributed by atoms with Crippen LogP contribution in [0.1, 0.15) is 27.0 Å². The van der Waals surface area contributed by atoms with Gasteiger partial charge in [-0.2, -0.15) is 13.2 Å². The van der Waals surface area contributed by atoms with Crippen LogP contribution in [0, 0.1) is 13.8 Å². The molecule has 0 unspecified atom stereocenters. The summed E-state index contributed by atoms with van der Waals surface area (Å²) in [7, 11) is 0. The zero-order valence-corrected chi connectivity index (χ0v) is 15.9. The van der Waals surface area contributed by atoms with Crippen molar-refractivity contribution in [2.75, 3.05) is 0 Å². The molecule has 0 aliphatic heterocycles. The number of benzene rings is 2. The average Bonchev–Trinajstić information content (AvgIpc) is 2.64. The standard InChI is InChI=1S/C13H7ClF3NO2.C8H10/c14-11(19)10-5-2-6-18-12(10)20-9-4-1-3-8(7-9)13(15,16)17;1-7-5-3-4-6-8(7)2/h1-7H;3-6H,1-2H3. The summed E-state index contributed by atoms with van der Waals surface area (Å²) in [6, 6.07) is 15.4. The lowest BCUT2D eigenvalue weighted by Crippen LogP contribution is -2.05. The van der Waals surface area contributed by atoms with Crippen molar-refractivity contribution in [1.82, 2.24) is 4.98 Å². The van der Waals surface area contributed by atoms with Crippen LogP contribution in [0.5, 0.6) is 11.6 Å². The molecule has 0 radical (unpaired) electrons. The fourth-order valence-corrected chi connectivity index (χ4v) is 2.28. The molecule has 3 aromatic rings. The van der Waals surface area contributed by atoms with Crippen molar-refractivity contribution >= 4 is 16.8 Å². The van der Waals surface area contributed by atoms with E-state index in [4.69, 9.17) is 16.3 Å². The Kier molecular flexibility index (Phi) is 7.18. The minimum absolute atomic E-state index is 0.0217. The van der Waals surface area contributed by atoms with Crippen LogP contribution in [0.25, 0.3) is 0 Å². The number of pyridine rings is 1. The van der Waals surface area contributed by atoms with E-state index in [1.165, 1.54) is 41.6 Å². The minimum atomic E-state index is -4.48. The Labute approximate surface area is 165 Å². The van der Waals surface area contributed by atoms with Crippen LogP contribution in [0.2, 0.25) is 0 Å². The van der Waals surface area contributed by atoms with Crippen LogP contribution in [0.3, 0.4) is 0 Å². The molecule has 0 atom stereocenters. The summed E-state index contributed by atoms with van der Waals surface area (Å²) in [5.74, 6) is -0.232. The number of rotatable bonds is 3. The second-order valence-electron chi connectivity index (χ2n) is 5.84. The van der Waals surface area contributed by atoms with Gasteiger partial charge in [-0.1, -0.05) is 30.3 Å². The van der Waals surface area contributed by atoms with Crippen molar-refractivity contribution in [1.29, 1.82) is 0 Å². The molecule has 0 fully saturated rings. The van der Waals surface area contributed by atoms with Gasteiger partial charge in [0.25, 0.3) is 5.24 Å². The van der Waals surface area contributed by atoms with Gasteiger partial charge in [-0.15, -0.1) is 0 Å². The van der Waals surface area contributed by atoms with E-state index in [9.17, 15) is 18.0 Å². The Bertz CT molecular complexity index is 937. The summed E-state index contributed by atoms with van der Waals surface area (Å²) in [5, 5.41) is -0.805. The highest BCUT2D eigenvalue weighted by molar-refractivity contribution is 6.68. The largest absolute Gasteiger partial charge is 0.438 e. The van der Waals surface area contributed by atoms with E-state index in [1.807, 2.05) is 0 Å². The van der Waals surface area contributed by atoms with E-state index in [-0.39, 0.29) is 17.2 Å². The van der Waals surface area contributed by atoms with Gasteiger partial charge in [0.1, 0.15) is 5.75 Å². The maximum Gasteiger partial charge on any atom is 0.416 e. The van der Waals surface area contributed by atoms with Gasteiger partial charge in [0, 0.05) is 6.20 Å². The number of carbonyl (C=O) groups is 1. The minimum Gasteiger partial charge on any atom is -0.438 e. The molecule has 3 rings (SSSR count). The van der Waals surface area contributed by atoms with Crippen molar-refractivity contribution in [3.63, 3.8) is 0 Å². The lowest BCUT2D eigenvalue weighted by Gasteiger charge is -2.10. The molecule has 7 heteroatoms. The lowest BCUT2D eigenvalue weighted by molar-refractivity contribution is -0.137. The number of halogens is 4. The van der Waals surface area contributed by atoms with E-state index in [2.05, 4.69) is 43.1 Å². The van der Waals surface area contributed by atoms with Gasteiger partial charge in [-0.05, 0) is 66.9 Å². The first kappa shape index (κ1) is 21.4. The summed E-state index contributed by atoms with van der Waals surface area (Å²) in [5.41, 5.74) is 1.86. The van der Waals surface area contributed by atoms with Crippen LogP contribution in [-0.4, -0.2) is 10.2 Å². The molecule has 1 heterocycles. The fraction of sp³-hybridized carbons (Fsp3) is 0.143. The zero-order valence-electron chi connectivity index (χ0n) is 15.1. The predicted octanol–water partition coefficient (Wildman–Crippen LogP) is 6.58. The van der Waals surface area contributed by atoms with E-state index in [1.54, 1.807) is 0 Å². The molecular formula is C21H17ClF3NO2. The molecule has 1 aromatic heterocycles. The van der Waals surface area contributed by atoms with Gasteiger partial charge in [0.15, 0.2) is 0 Å². The number of nitrogens with zero attached hydrogens (tertiary/aromatic N) is 1. The number of hydrogen-bond acceptors (Lipinski definition) is 3. The molecule has 0 N–H and O–H groups in total. The van der Waals surface area contributed by atoms with Crippen LogP contribution in [0.15, 0.2) is 66.9 Å².